The summed E-state index contributed by atoms with van der Waals surface area (Å²) in [4.78, 5) is 33.3. The van der Waals surface area contributed by atoms with Gasteiger partial charge in [0.25, 0.3) is 18.8 Å². The van der Waals surface area contributed by atoms with Crippen LogP contribution in [0.15, 0.2) is 91.1 Å². The average Bonchev–Trinajstić information content (AvgIpc) is 3.71. The Balaban J connectivity index is 0.000000199. The third-order valence-corrected chi connectivity index (χ3v) is 8.16. The minimum Gasteiger partial charge on any atom is -0.478 e. The highest BCUT2D eigenvalue weighted by Crippen LogP contribution is 2.38. The summed E-state index contributed by atoms with van der Waals surface area (Å²) in [5, 5.41) is 25.5. The number of primary amides is 1. The first-order valence-electron chi connectivity index (χ1n) is 15.4. The van der Waals surface area contributed by atoms with Gasteiger partial charge in [-0.1, -0.05) is 65.7 Å². The van der Waals surface area contributed by atoms with E-state index in [1.54, 1.807) is 48.5 Å². The SMILES string of the molecule is Cn1cc(C(=O)O)c(C(F)F)n1.Cn1nc(C(F)F)c(C(N)=O)c1-c1ccccc1-c1cc(F)ccc1F.O=C(O)c1ccccc1-c1cc(Cl)ccc1Cl. The molecule has 0 spiro atoms. The third-order valence-electron chi connectivity index (χ3n) is 7.60. The first kappa shape index (κ1) is 41.6. The molecule has 6 aromatic rings. The van der Waals surface area contributed by atoms with Crippen molar-refractivity contribution >= 4 is 41.0 Å². The molecule has 55 heavy (non-hydrogen) atoms. The average molecular weight is 807 g/mol. The number of hydrogen-bond donors (Lipinski definition) is 3. The van der Waals surface area contributed by atoms with Gasteiger partial charge in [0.15, 0.2) is 0 Å². The Bertz CT molecular complexity index is 2380. The lowest BCUT2D eigenvalue weighted by Crippen LogP contribution is -2.14. The number of alkyl halides is 4. The van der Waals surface area contributed by atoms with Gasteiger partial charge in [0.05, 0.1) is 16.8 Å². The summed E-state index contributed by atoms with van der Waals surface area (Å²) < 4.78 is 80.6. The third kappa shape index (κ3) is 9.71. The maximum atomic E-state index is 14.2. The maximum Gasteiger partial charge on any atom is 0.339 e. The van der Waals surface area contributed by atoms with E-state index in [4.69, 9.17) is 39.1 Å². The van der Waals surface area contributed by atoms with Crippen molar-refractivity contribution in [3.05, 3.63) is 141 Å². The molecule has 4 N–H and O–H groups in total. The number of halogens is 8. The Morgan fingerprint density at radius 2 is 1.27 bits per heavy atom. The van der Waals surface area contributed by atoms with Crippen LogP contribution >= 0.6 is 23.2 Å². The molecule has 0 bridgehead atoms. The Morgan fingerprint density at radius 1 is 0.691 bits per heavy atom. The van der Waals surface area contributed by atoms with Crippen molar-refractivity contribution in [3.63, 3.8) is 0 Å². The number of carboxylic acid groups (broad SMARTS) is 2. The van der Waals surface area contributed by atoms with Crippen molar-refractivity contribution in [3.8, 4) is 33.5 Å². The number of nitrogens with two attached hydrogens (primary N) is 1. The van der Waals surface area contributed by atoms with E-state index in [9.17, 15) is 40.7 Å². The summed E-state index contributed by atoms with van der Waals surface area (Å²) in [6.45, 7) is 0. The van der Waals surface area contributed by atoms with Gasteiger partial charge >= 0.3 is 11.9 Å². The number of carbonyl (C=O) groups is 3. The fourth-order valence-electron chi connectivity index (χ4n) is 5.32. The molecular weight excluding hydrogens is 779 g/mol. The number of carboxylic acids is 2. The van der Waals surface area contributed by atoms with E-state index in [1.165, 1.54) is 32.3 Å². The van der Waals surface area contributed by atoms with Gasteiger partial charge in [-0.15, -0.1) is 0 Å². The maximum absolute atomic E-state index is 14.2. The van der Waals surface area contributed by atoms with Gasteiger partial charge in [-0.05, 0) is 53.6 Å². The minimum atomic E-state index is -3.02. The molecule has 0 saturated heterocycles. The minimum absolute atomic E-state index is 0.00654. The Kier molecular flexibility index (Phi) is 13.5. The van der Waals surface area contributed by atoms with E-state index in [0.29, 0.717) is 21.2 Å². The fourth-order valence-corrected chi connectivity index (χ4v) is 5.71. The van der Waals surface area contributed by atoms with Crippen LogP contribution in [0.3, 0.4) is 0 Å². The monoisotopic (exact) mass is 805 g/mol. The molecule has 286 valence electrons. The molecule has 0 fully saturated rings. The van der Waals surface area contributed by atoms with Crippen LogP contribution in [-0.4, -0.2) is 47.6 Å². The Hall–Kier alpha value is -6.13. The molecule has 0 radical (unpaired) electrons. The molecule has 0 unspecified atom stereocenters. The van der Waals surface area contributed by atoms with Crippen molar-refractivity contribution in [1.82, 2.24) is 19.6 Å². The lowest BCUT2D eigenvalue weighted by Gasteiger charge is -2.12. The standard InChI is InChI=1S/C18H13F4N3O.C13H8Cl2O2.C6H6F2N2O2/c1-25-16(14(18(23)26)15(24-25)17(21)22)11-5-3-2-4-10(11)12-8-9(19)6-7-13(12)20;14-8-5-6-12(15)11(7-8)9-3-1-2-4-10(9)13(16)17;1-10-2-3(6(11)12)4(9-10)5(7)8/h2-8,17H,1H3,(H2,23,26);1-7H,(H,16,17);2,5H,1H3,(H,11,12). The number of hydrogen-bond acceptors (Lipinski definition) is 5. The molecule has 2 heterocycles. The molecule has 0 aliphatic heterocycles. The summed E-state index contributed by atoms with van der Waals surface area (Å²) in [7, 11) is 2.75. The van der Waals surface area contributed by atoms with Crippen molar-refractivity contribution < 1.29 is 50.9 Å². The number of benzene rings is 4. The van der Waals surface area contributed by atoms with Crippen molar-refractivity contribution in [2.45, 2.75) is 12.9 Å². The molecule has 18 heteroatoms. The second kappa shape index (κ2) is 17.8. The Morgan fingerprint density at radius 3 is 1.84 bits per heavy atom. The second-order valence-electron chi connectivity index (χ2n) is 11.2. The number of rotatable bonds is 8. The van der Waals surface area contributed by atoms with Gasteiger partial charge in [-0.2, -0.15) is 10.2 Å². The fraction of sp³-hybridized carbons (Fsp3) is 0.108. The van der Waals surface area contributed by atoms with Crippen LogP contribution in [0.5, 0.6) is 0 Å². The molecule has 0 atom stereocenters. The number of nitrogens with zero attached hydrogens (tertiary/aromatic N) is 4. The molecule has 2 aromatic heterocycles. The van der Waals surface area contributed by atoms with Crippen LogP contribution in [-0.2, 0) is 14.1 Å². The molecular formula is C37H27Cl2F6N5O5. The van der Waals surface area contributed by atoms with E-state index in [0.717, 1.165) is 33.8 Å². The van der Waals surface area contributed by atoms with E-state index < -0.39 is 64.8 Å². The van der Waals surface area contributed by atoms with Gasteiger partial charge in [-0.3, -0.25) is 14.2 Å². The molecule has 1 amide bonds. The predicted octanol–water partition coefficient (Wildman–Crippen LogP) is 9.48. The van der Waals surface area contributed by atoms with Crippen LogP contribution in [0.4, 0.5) is 26.3 Å². The van der Waals surface area contributed by atoms with E-state index in [2.05, 4.69) is 10.2 Å². The number of aromatic nitrogens is 4. The first-order chi connectivity index (χ1) is 25.9. The highest BCUT2D eigenvalue weighted by atomic mass is 35.5. The van der Waals surface area contributed by atoms with Crippen LogP contribution in [0.25, 0.3) is 33.5 Å². The topological polar surface area (TPSA) is 153 Å². The zero-order chi connectivity index (χ0) is 40.7. The molecule has 4 aromatic carbocycles. The largest absolute Gasteiger partial charge is 0.478 e. The van der Waals surface area contributed by atoms with Crippen molar-refractivity contribution in [2.24, 2.45) is 19.8 Å². The van der Waals surface area contributed by atoms with Gasteiger partial charge in [0, 0.05) is 47.0 Å². The van der Waals surface area contributed by atoms with Crippen molar-refractivity contribution in [1.29, 1.82) is 0 Å². The number of aryl methyl sites for hydroxylation is 2. The van der Waals surface area contributed by atoms with E-state index in [-0.39, 0.29) is 27.9 Å². The predicted molar refractivity (Wildman–Crippen MR) is 191 cm³/mol. The number of carbonyl (C=O) groups excluding carboxylic acids is 1. The Labute approximate surface area is 318 Å². The van der Waals surface area contributed by atoms with Gasteiger partial charge in [0.1, 0.15) is 28.6 Å². The molecule has 0 saturated carbocycles. The summed E-state index contributed by atoms with van der Waals surface area (Å²) in [5.41, 5.74) is 4.71. The van der Waals surface area contributed by atoms with E-state index >= 15 is 0 Å². The first-order valence-corrected chi connectivity index (χ1v) is 16.2. The highest BCUT2D eigenvalue weighted by Gasteiger charge is 2.29. The lowest BCUT2D eigenvalue weighted by atomic mass is 9.94. The van der Waals surface area contributed by atoms with E-state index in [1.807, 2.05) is 0 Å². The molecule has 0 aliphatic carbocycles. The molecule has 6 rings (SSSR count). The summed E-state index contributed by atoms with van der Waals surface area (Å²) in [6, 6.07) is 20.7. The zero-order valence-electron chi connectivity index (χ0n) is 28.3. The number of amides is 1. The van der Waals surface area contributed by atoms with Gasteiger partial charge in [0.2, 0.25) is 0 Å². The molecule has 10 nitrogen and oxygen atoms in total. The van der Waals surface area contributed by atoms with Crippen LogP contribution in [0.1, 0.15) is 55.3 Å². The van der Waals surface area contributed by atoms with Crippen LogP contribution in [0, 0.1) is 11.6 Å². The second-order valence-corrected chi connectivity index (χ2v) is 12.1. The normalized spacial score (nSPS) is 10.8. The summed E-state index contributed by atoms with van der Waals surface area (Å²) in [5.74, 6) is -4.83. The highest BCUT2D eigenvalue weighted by molar-refractivity contribution is 6.35. The van der Waals surface area contributed by atoms with Gasteiger partial charge in [-0.25, -0.2) is 35.9 Å². The molecule has 0 aliphatic rings. The summed E-state index contributed by atoms with van der Waals surface area (Å²) >= 11 is 11.9. The van der Waals surface area contributed by atoms with Crippen molar-refractivity contribution in [2.75, 3.05) is 0 Å². The van der Waals surface area contributed by atoms with Crippen LogP contribution in [0.2, 0.25) is 10.0 Å². The zero-order valence-corrected chi connectivity index (χ0v) is 29.8. The number of aromatic carboxylic acids is 2. The summed E-state index contributed by atoms with van der Waals surface area (Å²) in [6.07, 6.45) is -4.82. The smallest absolute Gasteiger partial charge is 0.339 e. The van der Waals surface area contributed by atoms with Crippen LogP contribution < -0.4 is 5.73 Å². The van der Waals surface area contributed by atoms with Gasteiger partial charge < -0.3 is 15.9 Å². The lowest BCUT2D eigenvalue weighted by molar-refractivity contribution is 0.0678. The quantitative estimate of drug-likeness (QED) is 0.130.